The summed E-state index contributed by atoms with van der Waals surface area (Å²) in [7, 11) is 0. The van der Waals surface area contributed by atoms with Crippen molar-refractivity contribution in [3.05, 3.63) is 40.0 Å². The molecular formula is C20H22ClN3OS. The van der Waals surface area contributed by atoms with Gasteiger partial charge in [0.25, 0.3) is 0 Å². The molecule has 0 spiro atoms. The molecule has 0 fully saturated rings. The molecule has 6 heteroatoms. The van der Waals surface area contributed by atoms with E-state index in [0.29, 0.717) is 6.54 Å². The predicted octanol–water partition coefficient (Wildman–Crippen LogP) is 4.71. The summed E-state index contributed by atoms with van der Waals surface area (Å²) < 4.78 is 0. The predicted molar refractivity (Wildman–Crippen MR) is 109 cm³/mol. The number of nitrogens with zero attached hydrogens (tertiary/aromatic N) is 3. The van der Waals surface area contributed by atoms with Gasteiger partial charge in [0.2, 0.25) is 5.28 Å². The number of aliphatic hydroxyl groups excluding tert-OH is 1. The van der Waals surface area contributed by atoms with Crippen LogP contribution in [-0.4, -0.2) is 34.8 Å². The van der Waals surface area contributed by atoms with Crippen LogP contribution in [0.15, 0.2) is 23.6 Å². The first kappa shape index (κ1) is 17.7. The zero-order valence-corrected chi connectivity index (χ0v) is 16.4. The zero-order valence-electron chi connectivity index (χ0n) is 14.8. The van der Waals surface area contributed by atoms with Gasteiger partial charge in [0.05, 0.1) is 12.0 Å². The fraction of sp³-hybridized carbons (Fsp3) is 0.400. The minimum absolute atomic E-state index is 0.0786. The van der Waals surface area contributed by atoms with Gasteiger partial charge in [-0.15, -0.1) is 11.3 Å². The number of fused-ring (bicyclic) bond motifs is 2. The second kappa shape index (κ2) is 7.51. The first-order chi connectivity index (χ1) is 12.7. The summed E-state index contributed by atoms with van der Waals surface area (Å²) in [5.74, 6) is 0.811. The standard InChI is InChI=1S/C20H22ClN3OS/c1-2-24(9-10-25)18-17-16(12-26-19(17)23-20(21)22-18)15-8-7-13-5-3-4-6-14(13)11-15/h7-8,11-12,25H,2-6,9-10H2,1H3. The van der Waals surface area contributed by atoms with Gasteiger partial charge in [0, 0.05) is 24.0 Å². The summed E-state index contributed by atoms with van der Waals surface area (Å²) in [4.78, 5) is 11.9. The van der Waals surface area contributed by atoms with Crippen LogP contribution in [0.4, 0.5) is 5.82 Å². The lowest BCUT2D eigenvalue weighted by Crippen LogP contribution is -2.27. The van der Waals surface area contributed by atoms with Crippen molar-refractivity contribution in [2.45, 2.75) is 32.6 Å². The molecule has 0 aliphatic heterocycles. The molecule has 3 aromatic rings. The molecule has 0 bridgehead atoms. The number of aromatic nitrogens is 2. The Labute approximate surface area is 162 Å². The molecule has 0 unspecified atom stereocenters. The maximum Gasteiger partial charge on any atom is 0.225 e. The first-order valence-electron chi connectivity index (χ1n) is 9.14. The molecule has 26 heavy (non-hydrogen) atoms. The number of anilines is 1. The summed E-state index contributed by atoms with van der Waals surface area (Å²) >= 11 is 7.77. The van der Waals surface area contributed by atoms with Gasteiger partial charge in [-0.2, -0.15) is 4.98 Å². The van der Waals surface area contributed by atoms with Gasteiger partial charge < -0.3 is 10.0 Å². The van der Waals surface area contributed by atoms with Crippen LogP contribution in [0, 0.1) is 0 Å². The van der Waals surface area contributed by atoms with Crippen molar-refractivity contribution in [2.75, 3.05) is 24.6 Å². The fourth-order valence-corrected chi connectivity index (χ4v) is 4.93. The molecule has 0 amide bonds. The molecule has 1 N–H and O–H groups in total. The highest BCUT2D eigenvalue weighted by Gasteiger charge is 2.19. The molecule has 0 saturated heterocycles. The van der Waals surface area contributed by atoms with Crippen molar-refractivity contribution in [1.82, 2.24) is 9.97 Å². The Bertz CT molecular complexity index is 940. The number of likely N-dealkylation sites (N-methyl/N-ethyl adjacent to an activating group) is 1. The van der Waals surface area contributed by atoms with Gasteiger partial charge >= 0.3 is 0 Å². The van der Waals surface area contributed by atoms with Crippen LogP contribution in [0.25, 0.3) is 21.3 Å². The van der Waals surface area contributed by atoms with Crippen molar-refractivity contribution in [3.8, 4) is 11.1 Å². The van der Waals surface area contributed by atoms with Crippen LogP contribution in [0.3, 0.4) is 0 Å². The van der Waals surface area contributed by atoms with Gasteiger partial charge in [-0.05, 0) is 60.9 Å². The molecule has 0 radical (unpaired) electrons. The third-order valence-corrected chi connectivity index (χ3v) is 6.14. The molecule has 1 aliphatic carbocycles. The van der Waals surface area contributed by atoms with Crippen molar-refractivity contribution < 1.29 is 5.11 Å². The second-order valence-electron chi connectivity index (χ2n) is 6.64. The van der Waals surface area contributed by atoms with Gasteiger partial charge in [-0.3, -0.25) is 0 Å². The summed E-state index contributed by atoms with van der Waals surface area (Å²) in [6, 6.07) is 6.82. The zero-order chi connectivity index (χ0) is 18.1. The van der Waals surface area contributed by atoms with E-state index in [2.05, 4.69) is 45.4 Å². The van der Waals surface area contributed by atoms with Crippen LogP contribution < -0.4 is 4.90 Å². The summed E-state index contributed by atoms with van der Waals surface area (Å²) in [6.45, 7) is 3.42. The van der Waals surface area contributed by atoms with Crippen molar-refractivity contribution in [3.63, 3.8) is 0 Å². The Kier molecular flexibility index (Phi) is 5.11. The van der Waals surface area contributed by atoms with Crippen LogP contribution >= 0.6 is 22.9 Å². The third kappa shape index (κ3) is 3.20. The van der Waals surface area contributed by atoms with Gasteiger partial charge in [-0.25, -0.2) is 4.98 Å². The molecule has 4 rings (SSSR count). The number of thiophene rings is 1. The summed E-state index contributed by atoms with van der Waals surface area (Å²) in [6.07, 6.45) is 4.90. The van der Waals surface area contributed by atoms with E-state index >= 15 is 0 Å². The number of halogens is 1. The molecular weight excluding hydrogens is 366 g/mol. The van der Waals surface area contributed by atoms with Crippen LogP contribution in [0.2, 0.25) is 5.28 Å². The highest BCUT2D eigenvalue weighted by atomic mass is 35.5. The van der Waals surface area contributed by atoms with Crippen LogP contribution in [0.5, 0.6) is 0 Å². The summed E-state index contributed by atoms with van der Waals surface area (Å²) in [5, 5.41) is 12.9. The molecule has 136 valence electrons. The maximum absolute atomic E-state index is 9.42. The Morgan fingerprint density at radius 1 is 1.19 bits per heavy atom. The normalized spacial score (nSPS) is 13.8. The molecule has 2 aromatic heterocycles. The molecule has 4 nitrogen and oxygen atoms in total. The Morgan fingerprint density at radius 3 is 2.77 bits per heavy atom. The van der Waals surface area contributed by atoms with E-state index in [0.717, 1.165) is 34.6 Å². The van der Waals surface area contributed by atoms with E-state index in [1.54, 1.807) is 11.3 Å². The van der Waals surface area contributed by atoms with E-state index in [1.807, 2.05) is 0 Å². The van der Waals surface area contributed by atoms with E-state index < -0.39 is 0 Å². The van der Waals surface area contributed by atoms with Crippen molar-refractivity contribution >= 4 is 39.0 Å². The lowest BCUT2D eigenvalue weighted by atomic mass is 9.89. The van der Waals surface area contributed by atoms with E-state index in [4.69, 9.17) is 11.6 Å². The minimum Gasteiger partial charge on any atom is -0.395 e. The van der Waals surface area contributed by atoms with Crippen molar-refractivity contribution in [2.24, 2.45) is 0 Å². The van der Waals surface area contributed by atoms with E-state index in [9.17, 15) is 5.11 Å². The average Bonchev–Trinajstić information content (AvgIpc) is 3.09. The third-order valence-electron chi connectivity index (χ3n) is 5.10. The second-order valence-corrected chi connectivity index (χ2v) is 7.84. The van der Waals surface area contributed by atoms with Crippen LogP contribution in [-0.2, 0) is 12.8 Å². The molecule has 1 aromatic carbocycles. The highest BCUT2D eigenvalue weighted by molar-refractivity contribution is 7.17. The Morgan fingerprint density at radius 2 is 2.00 bits per heavy atom. The summed E-state index contributed by atoms with van der Waals surface area (Å²) in [5.41, 5.74) is 5.31. The SMILES string of the molecule is CCN(CCO)c1nc(Cl)nc2scc(-c3ccc4c(c3)CCCC4)c12. The maximum atomic E-state index is 9.42. The monoisotopic (exact) mass is 387 g/mol. The molecule has 2 heterocycles. The fourth-order valence-electron chi connectivity index (χ4n) is 3.77. The Hall–Kier alpha value is -1.69. The van der Waals surface area contributed by atoms with Gasteiger partial charge in [-0.1, -0.05) is 18.2 Å². The molecule has 1 aliphatic rings. The average molecular weight is 388 g/mol. The molecule has 0 atom stereocenters. The topological polar surface area (TPSA) is 49.2 Å². The highest BCUT2D eigenvalue weighted by Crippen LogP contribution is 2.40. The number of benzene rings is 1. The quantitative estimate of drug-likeness (QED) is 0.644. The van der Waals surface area contributed by atoms with Gasteiger partial charge in [0.15, 0.2) is 0 Å². The van der Waals surface area contributed by atoms with E-state index in [-0.39, 0.29) is 11.9 Å². The largest absolute Gasteiger partial charge is 0.395 e. The first-order valence-corrected chi connectivity index (χ1v) is 10.4. The number of rotatable bonds is 5. The van der Waals surface area contributed by atoms with E-state index in [1.165, 1.54) is 36.0 Å². The van der Waals surface area contributed by atoms with Crippen LogP contribution in [0.1, 0.15) is 30.9 Å². The lowest BCUT2D eigenvalue weighted by molar-refractivity contribution is 0.302. The number of aryl methyl sites for hydroxylation is 2. The Balaban J connectivity index is 1.88. The minimum atomic E-state index is 0.0786. The number of hydrogen-bond acceptors (Lipinski definition) is 5. The molecule has 0 saturated carbocycles. The van der Waals surface area contributed by atoms with Crippen molar-refractivity contribution in [1.29, 1.82) is 0 Å². The lowest BCUT2D eigenvalue weighted by Gasteiger charge is -2.22. The number of hydrogen-bond donors (Lipinski definition) is 1. The number of aliphatic hydroxyl groups is 1. The smallest absolute Gasteiger partial charge is 0.225 e. The van der Waals surface area contributed by atoms with Gasteiger partial charge in [0.1, 0.15) is 10.6 Å².